The molecule has 0 aliphatic carbocycles. The Balaban J connectivity index is 2.61. The molecule has 0 saturated heterocycles. The third-order valence-electron chi connectivity index (χ3n) is 2.80. The molecule has 1 aromatic rings. The van der Waals surface area contributed by atoms with Crippen LogP contribution in [0.3, 0.4) is 0 Å². The van der Waals surface area contributed by atoms with Crippen molar-refractivity contribution < 1.29 is 19.4 Å². The van der Waals surface area contributed by atoms with Crippen LogP contribution < -0.4 is 10.1 Å². The maximum atomic E-state index is 11.7. The highest BCUT2D eigenvalue weighted by Gasteiger charge is 2.12. The first-order valence-electron chi connectivity index (χ1n) is 6.63. The topological polar surface area (TPSA) is 67.8 Å². The summed E-state index contributed by atoms with van der Waals surface area (Å²) in [5.41, 5.74) is 1.69. The summed E-state index contributed by atoms with van der Waals surface area (Å²) >= 11 is 0. The van der Waals surface area contributed by atoms with Crippen molar-refractivity contribution in [2.24, 2.45) is 0 Å². The number of hydrogen-bond donors (Lipinski definition) is 2. The largest absolute Gasteiger partial charge is 0.483 e. The van der Waals surface area contributed by atoms with Gasteiger partial charge >= 0.3 is 0 Å². The lowest BCUT2D eigenvalue weighted by Gasteiger charge is -2.16. The fourth-order valence-corrected chi connectivity index (χ4v) is 1.86. The molecule has 0 radical (unpaired) electrons. The van der Waals surface area contributed by atoms with E-state index >= 15 is 0 Å². The molecule has 0 aromatic heterocycles. The van der Waals surface area contributed by atoms with Gasteiger partial charge in [0.1, 0.15) is 5.75 Å². The molecule has 112 valence electrons. The van der Waals surface area contributed by atoms with Gasteiger partial charge in [-0.15, -0.1) is 0 Å². The molecule has 5 heteroatoms. The number of amides is 1. The Labute approximate surface area is 119 Å². The zero-order valence-corrected chi connectivity index (χ0v) is 12.5. The molecular formula is C15H23NO4. The van der Waals surface area contributed by atoms with Gasteiger partial charge in [-0.05, 0) is 32.4 Å². The van der Waals surface area contributed by atoms with Gasteiger partial charge in [0.15, 0.2) is 6.61 Å². The number of benzene rings is 1. The molecule has 0 fully saturated rings. The van der Waals surface area contributed by atoms with Gasteiger partial charge in [0.2, 0.25) is 0 Å². The first-order valence-corrected chi connectivity index (χ1v) is 6.63. The molecule has 20 heavy (non-hydrogen) atoms. The van der Waals surface area contributed by atoms with Crippen molar-refractivity contribution in [3.8, 4) is 5.75 Å². The number of rotatable bonds is 7. The van der Waals surface area contributed by atoms with Gasteiger partial charge in [0.25, 0.3) is 5.91 Å². The predicted molar refractivity (Wildman–Crippen MR) is 76.8 cm³/mol. The summed E-state index contributed by atoms with van der Waals surface area (Å²) in [5.74, 6) is 0.321. The van der Waals surface area contributed by atoms with Gasteiger partial charge in [-0.25, -0.2) is 0 Å². The maximum absolute atomic E-state index is 11.7. The quantitative estimate of drug-likeness (QED) is 0.796. The molecule has 0 bridgehead atoms. The average Bonchev–Trinajstić information content (AvgIpc) is 2.36. The molecule has 2 N–H and O–H groups in total. The van der Waals surface area contributed by atoms with Gasteiger partial charge in [0.05, 0.1) is 12.7 Å². The van der Waals surface area contributed by atoms with Crippen LogP contribution in [-0.4, -0.2) is 37.4 Å². The summed E-state index contributed by atoms with van der Waals surface area (Å²) in [5, 5.41) is 12.4. The third kappa shape index (κ3) is 5.19. The number of ether oxygens (including phenoxy) is 2. The fraction of sp³-hybridized carbons (Fsp3) is 0.533. The van der Waals surface area contributed by atoms with Crippen LogP contribution in [0.2, 0.25) is 0 Å². The molecule has 1 amide bonds. The van der Waals surface area contributed by atoms with Gasteiger partial charge < -0.3 is 19.9 Å². The van der Waals surface area contributed by atoms with E-state index in [0.717, 1.165) is 5.56 Å². The van der Waals surface area contributed by atoms with Crippen molar-refractivity contribution in [1.82, 2.24) is 5.32 Å². The summed E-state index contributed by atoms with van der Waals surface area (Å²) in [6, 6.07) is 5.45. The molecule has 1 rings (SSSR count). The number of nitrogens with one attached hydrogen (secondary N) is 1. The minimum atomic E-state index is -0.638. The molecule has 0 aliphatic heterocycles. The Hall–Kier alpha value is -1.59. The number of carbonyl (C=O) groups is 1. The number of aryl methyl sites for hydroxylation is 1. The lowest BCUT2D eigenvalue weighted by atomic mass is 10.1. The van der Waals surface area contributed by atoms with Crippen LogP contribution in [0, 0.1) is 6.92 Å². The normalized spacial score (nSPS) is 13.7. The summed E-state index contributed by atoms with van der Waals surface area (Å²) in [7, 11) is 1.58. The average molecular weight is 281 g/mol. The Kier molecular flexibility index (Phi) is 6.48. The van der Waals surface area contributed by atoms with Crippen LogP contribution in [-0.2, 0) is 9.53 Å². The summed E-state index contributed by atoms with van der Waals surface area (Å²) in [6.07, 6.45) is -0.638. The van der Waals surface area contributed by atoms with Crippen molar-refractivity contribution in [3.05, 3.63) is 29.3 Å². The molecule has 2 atom stereocenters. The lowest BCUT2D eigenvalue weighted by molar-refractivity contribution is -0.124. The van der Waals surface area contributed by atoms with E-state index < -0.39 is 6.10 Å². The molecular weight excluding hydrogens is 258 g/mol. The van der Waals surface area contributed by atoms with Gasteiger partial charge in [-0.1, -0.05) is 12.1 Å². The predicted octanol–water partition coefficient (Wildman–Crippen LogP) is 1.58. The zero-order valence-electron chi connectivity index (χ0n) is 12.5. The second-order valence-corrected chi connectivity index (χ2v) is 4.93. The molecule has 1 unspecified atom stereocenters. The van der Waals surface area contributed by atoms with E-state index in [1.165, 1.54) is 0 Å². The maximum Gasteiger partial charge on any atom is 0.258 e. The number of hydrogen-bond acceptors (Lipinski definition) is 4. The lowest BCUT2D eigenvalue weighted by Crippen LogP contribution is -2.38. The fourth-order valence-electron chi connectivity index (χ4n) is 1.86. The minimum Gasteiger partial charge on any atom is -0.483 e. The second-order valence-electron chi connectivity index (χ2n) is 4.93. The van der Waals surface area contributed by atoms with Gasteiger partial charge in [0, 0.05) is 18.7 Å². The Morgan fingerprint density at radius 1 is 1.40 bits per heavy atom. The van der Waals surface area contributed by atoms with E-state index in [1.807, 2.05) is 26.0 Å². The summed E-state index contributed by atoms with van der Waals surface area (Å²) < 4.78 is 10.5. The van der Waals surface area contributed by atoms with Crippen LogP contribution in [0.5, 0.6) is 5.75 Å². The van der Waals surface area contributed by atoms with E-state index in [2.05, 4.69) is 5.32 Å². The van der Waals surface area contributed by atoms with E-state index in [-0.39, 0.29) is 18.6 Å². The van der Waals surface area contributed by atoms with Crippen LogP contribution in [0.1, 0.15) is 31.1 Å². The standard InChI is InChI=1S/C15H23NO4/c1-10-5-6-13(12(3)17)14(7-10)20-9-15(18)16-11(2)8-19-4/h5-7,11-12,17H,8-9H2,1-4H3,(H,16,18)/t11?,12-/m0/s1. The van der Waals surface area contributed by atoms with Crippen molar-refractivity contribution in [2.75, 3.05) is 20.3 Å². The summed E-state index contributed by atoms with van der Waals surface area (Å²) in [4.78, 5) is 11.7. The Bertz CT molecular complexity index is 445. The van der Waals surface area contributed by atoms with E-state index in [1.54, 1.807) is 20.1 Å². The Morgan fingerprint density at radius 3 is 2.70 bits per heavy atom. The number of methoxy groups -OCH3 is 1. The zero-order chi connectivity index (χ0) is 15.1. The molecule has 1 aromatic carbocycles. The van der Waals surface area contributed by atoms with E-state index in [9.17, 15) is 9.90 Å². The van der Waals surface area contributed by atoms with Gasteiger partial charge in [-0.3, -0.25) is 4.79 Å². The molecule has 5 nitrogen and oxygen atoms in total. The third-order valence-corrected chi connectivity index (χ3v) is 2.80. The van der Waals surface area contributed by atoms with Crippen LogP contribution in [0.15, 0.2) is 18.2 Å². The van der Waals surface area contributed by atoms with Crippen molar-refractivity contribution >= 4 is 5.91 Å². The number of aliphatic hydroxyl groups is 1. The smallest absolute Gasteiger partial charge is 0.258 e. The van der Waals surface area contributed by atoms with E-state index in [0.29, 0.717) is 17.9 Å². The number of carbonyl (C=O) groups excluding carboxylic acids is 1. The minimum absolute atomic E-state index is 0.0650. The number of aliphatic hydroxyl groups excluding tert-OH is 1. The second kappa shape index (κ2) is 7.87. The SMILES string of the molecule is COCC(C)NC(=O)COc1cc(C)ccc1[C@H](C)O. The highest BCUT2D eigenvalue weighted by atomic mass is 16.5. The monoisotopic (exact) mass is 281 g/mol. The van der Waals surface area contributed by atoms with Crippen LogP contribution in [0.4, 0.5) is 0 Å². The highest BCUT2D eigenvalue weighted by Crippen LogP contribution is 2.26. The van der Waals surface area contributed by atoms with Crippen LogP contribution >= 0.6 is 0 Å². The first-order chi connectivity index (χ1) is 9.43. The molecule has 0 heterocycles. The van der Waals surface area contributed by atoms with Crippen molar-refractivity contribution in [3.63, 3.8) is 0 Å². The van der Waals surface area contributed by atoms with Gasteiger partial charge in [-0.2, -0.15) is 0 Å². The van der Waals surface area contributed by atoms with Crippen molar-refractivity contribution in [2.45, 2.75) is 32.9 Å². The molecule has 0 spiro atoms. The first kappa shape index (κ1) is 16.5. The highest BCUT2D eigenvalue weighted by molar-refractivity contribution is 5.77. The van der Waals surface area contributed by atoms with Crippen molar-refractivity contribution in [1.29, 1.82) is 0 Å². The molecule has 0 saturated carbocycles. The Morgan fingerprint density at radius 2 is 2.10 bits per heavy atom. The summed E-state index contributed by atoms with van der Waals surface area (Å²) in [6.45, 7) is 5.82. The van der Waals surface area contributed by atoms with Crippen LogP contribution in [0.25, 0.3) is 0 Å². The van der Waals surface area contributed by atoms with E-state index in [4.69, 9.17) is 9.47 Å². The molecule has 0 aliphatic rings.